The van der Waals surface area contributed by atoms with Crippen LogP contribution in [0.3, 0.4) is 0 Å². The van der Waals surface area contributed by atoms with Crippen molar-refractivity contribution in [2.45, 2.75) is 45.9 Å². The van der Waals surface area contributed by atoms with Crippen molar-refractivity contribution < 1.29 is 9.59 Å². The summed E-state index contributed by atoms with van der Waals surface area (Å²) in [7, 11) is 0. The monoisotopic (exact) mass is 563 g/mol. The van der Waals surface area contributed by atoms with Crippen LogP contribution in [-0.2, 0) is 17.9 Å². The van der Waals surface area contributed by atoms with Crippen LogP contribution in [0.2, 0.25) is 0 Å². The molecule has 0 aliphatic rings. The summed E-state index contributed by atoms with van der Waals surface area (Å²) in [4.78, 5) is 24.9. The maximum atomic E-state index is 12.5. The van der Waals surface area contributed by atoms with E-state index in [9.17, 15) is 9.59 Å². The number of hydrogen-bond donors (Lipinski definition) is 2. The lowest BCUT2D eigenvalue weighted by atomic mass is 10.1. The third-order valence-corrected chi connectivity index (χ3v) is 6.51. The van der Waals surface area contributed by atoms with E-state index in [0.29, 0.717) is 23.1 Å². The Labute approximate surface area is 205 Å². The SMILES string of the molecule is CCn1c(CNC(=O)c2ccc(C)cc2)nnc1SCC(=O)Nc1c(C)cc(I)cc1C. The number of aryl methyl sites for hydroxylation is 3. The van der Waals surface area contributed by atoms with E-state index in [1.165, 1.54) is 11.8 Å². The minimum atomic E-state index is -0.160. The Balaban J connectivity index is 1.59. The van der Waals surface area contributed by atoms with Crippen LogP contribution < -0.4 is 10.6 Å². The first-order chi connectivity index (χ1) is 15.3. The van der Waals surface area contributed by atoms with Crippen molar-refractivity contribution in [2.24, 2.45) is 0 Å². The van der Waals surface area contributed by atoms with Crippen LogP contribution in [0.15, 0.2) is 41.6 Å². The van der Waals surface area contributed by atoms with Crippen LogP contribution in [0.5, 0.6) is 0 Å². The molecule has 32 heavy (non-hydrogen) atoms. The van der Waals surface area contributed by atoms with Gasteiger partial charge in [-0.15, -0.1) is 10.2 Å². The van der Waals surface area contributed by atoms with Crippen LogP contribution in [0.25, 0.3) is 0 Å². The van der Waals surface area contributed by atoms with Crippen LogP contribution in [-0.4, -0.2) is 32.3 Å². The van der Waals surface area contributed by atoms with Gasteiger partial charge in [0.05, 0.1) is 12.3 Å². The largest absolute Gasteiger partial charge is 0.345 e. The molecule has 1 aromatic heterocycles. The van der Waals surface area contributed by atoms with E-state index in [4.69, 9.17) is 0 Å². The Kier molecular flexibility index (Phi) is 8.30. The summed E-state index contributed by atoms with van der Waals surface area (Å²) in [6.45, 7) is 8.85. The number of thioether (sulfide) groups is 1. The molecule has 0 aliphatic carbocycles. The lowest BCUT2D eigenvalue weighted by Gasteiger charge is -2.12. The zero-order valence-electron chi connectivity index (χ0n) is 18.5. The number of carbonyl (C=O) groups excluding carboxylic acids is 2. The first-order valence-corrected chi connectivity index (χ1v) is 12.3. The molecular weight excluding hydrogens is 537 g/mol. The van der Waals surface area contributed by atoms with Crippen molar-refractivity contribution >= 4 is 51.9 Å². The first kappa shape index (κ1) is 24.2. The molecule has 0 atom stereocenters. The summed E-state index contributed by atoms with van der Waals surface area (Å²) >= 11 is 3.60. The molecular formula is C23H26IN5O2S. The van der Waals surface area contributed by atoms with Gasteiger partial charge in [0.2, 0.25) is 5.91 Å². The molecule has 7 nitrogen and oxygen atoms in total. The molecule has 9 heteroatoms. The normalized spacial score (nSPS) is 10.8. The van der Waals surface area contributed by atoms with E-state index in [0.717, 1.165) is 25.9 Å². The molecule has 0 saturated heterocycles. The van der Waals surface area contributed by atoms with E-state index in [2.05, 4.69) is 43.4 Å². The van der Waals surface area contributed by atoms with E-state index in [1.54, 1.807) is 12.1 Å². The van der Waals surface area contributed by atoms with Crippen molar-refractivity contribution in [1.29, 1.82) is 0 Å². The van der Waals surface area contributed by atoms with Crippen molar-refractivity contribution in [3.05, 3.63) is 68.0 Å². The predicted octanol–water partition coefficient (Wildman–Crippen LogP) is 4.49. The molecule has 0 unspecified atom stereocenters. The Bertz CT molecular complexity index is 1100. The van der Waals surface area contributed by atoms with Gasteiger partial charge < -0.3 is 15.2 Å². The van der Waals surface area contributed by atoms with Crippen LogP contribution in [0, 0.1) is 24.3 Å². The highest BCUT2D eigenvalue weighted by Gasteiger charge is 2.15. The minimum Gasteiger partial charge on any atom is -0.345 e. The summed E-state index contributed by atoms with van der Waals surface area (Å²) in [5.74, 6) is 0.619. The second-order valence-electron chi connectivity index (χ2n) is 7.44. The van der Waals surface area contributed by atoms with Gasteiger partial charge >= 0.3 is 0 Å². The molecule has 2 N–H and O–H groups in total. The number of nitrogens with zero attached hydrogens (tertiary/aromatic N) is 3. The molecule has 1 heterocycles. The first-order valence-electron chi connectivity index (χ1n) is 10.2. The van der Waals surface area contributed by atoms with Crippen LogP contribution >= 0.6 is 34.4 Å². The van der Waals surface area contributed by atoms with Gasteiger partial charge in [-0.3, -0.25) is 9.59 Å². The quantitative estimate of drug-likeness (QED) is 0.312. The minimum absolute atomic E-state index is 0.0951. The summed E-state index contributed by atoms with van der Waals surface area (Å²) in [5, 5.41) is 15.0. The molecule has 3 aromatic rings. The second-order valence-corrected chi connectivity index (χ2v) is 9.63. The van der Waals surface area contributed by atoms with Crippen LogP contribution in [0.1, 0.15) is 39.8 Å². The summed E-state index contributed by atoms with van der Waals surface area (Å²) < 4.78 is 3.05. The van der Waals surface area contributed by atoms with Gasteiger partial charge in [0.25, 0.3) is 5.91 Å². The predicted molar refractivity (Wildman–Crippen MR) is 136 cm³/mol. The summed E-state index contributed by atoms with van der Waals surface area (Å²) in [5.41, 5.74) is 4.63. The summed E-state index contributed by atoms with van der Waals surface area (Å²) in [6, 6.07) is 11.5. The number of benzene rings is 2. The fourth-order valence-electron chi connectivity index (χ4n) is 3.25. The number of hydrogen-bond acceptors (Lipinski definition) is 5. The molecule has 2 amide bonds. The Hall–Kier alpha value is -2.40. The molecule has 0 radical (unpaired) electrons. The Morgan fingerprint density at radius 2 is 1.72 bits per heavy atom. The van der Waals surface area contributed by atoms with Crippen molar-refractivity contribution in [3.8, 4) is 0 Å². The smallest absolute Gasteiger partial charge is 0.251 e. The number of anilines is 1. The molecule has 0 bridgehead atoms. The zero-order valence-corrected chi connectivity index (χ0v) is 21.5. The number of amides is 2. The van der Waals surface area contributed by atoms with E-state index in [-0.39, 0.29) is 24.1 Å². The van der Waals surface area contributed by atoms with Gasteiger partial charge in [-0.2, -0.15) is 0 Å². The average Bonchev–Trinajstić information content (AvgIpc) is 3.15. The standard InChI is InChI=1S/C23H26IN5O2S/c1-5-29-19(12-25-22(31)17-8-6-14(2)7-9-17)27-28-23(29)32-13-20(30)26-21-15(3)10-18(24)11-16(21)4/h6-11H,5,12-13H2,1-4H3,(H,25,31)(H,26,30). The van der Waals surface area contributed by atoms with Gasteiger partial charge in [-0.05, 0) is 85.7 Å². The Morgan fingerprint density at radius 1 is 1.06 bits per heavy atom. The highest BCUT2D eigenvalue weighted by Crippen LogP contribution is 2.24. The number of halogens is 1. The van der Waals surface area contributed by atoms with Crippen LogP contribution in [0.4, 0.5) is 5.69 Å². The number of aromatic nitrogens is 3. The zero-order chi connectivity index (χ0) is 23.3. The second kappa shape index (κ2) is 11.0. The molecule has 168 valence electrons. The lowest BCUT2D eigenvalue weighted by molar-refractivity contribution is -0.113. The fraction of sp³-hybridized carbons (Fsp3) is 0.304. The molecule has 0 aliphatic heterocycles. The van der Waals surface area contributed by atoms with Crippen molar-refractivity contribution in [2.75, 3.05) is 11.1 Å². The molecule has 0 saturated carbocycles. The summed E-state index contributed by atoms with van der Waals surface area (Å²) in [6.07, 6.45) is 0. The average molecular weight is 563 g/mol. The van der Waals surface area contributed by atoms with Gasteiger partial charge in [0, 0.05) is 21.4 Å². The fourth-order valence-corrected chi connectivity index (χ4v) is 5.01. The topological polar surface area (TPSA) is 88.9 Å². The highest BCUT2D eigenvalue weighted by atomic mass is 127. The maximum Gasteiger partial charge on any atom is 0.251 e. The van der Waals surface area contributed by atoms with Crippen molar-refractivity contribution in [3.63, 3.8) is 0 Å². The van der Waals surface area contributed by atoms with E-state index in [1.807, 2.05) is 56.5 Å². The van der Waals surface area contributed by atoms with Gasteiger partial charge in [0.15, 0.2) is 11.0 Å². The van der Waals surface area contributed by atoms with Gasteiger partial charge in [-0.1, -0.05) is 29.5 Å². The maximum absolute atomic E-state index is 12.5. The highest BCUT2D eigenvalue weighted by molar-refractivity contribution is 14.1. The number of carbonyl (C=O) groups is 2. The van der Waals surface area contributed by atoms with Gasteiger partial charge in [-0.25, -0.2) is 0 Å². The van der Waals surface area contributed by atoms with Gasteiger partial charge in [0.1, 0.15) is 0 Å². The lowest BCUT2D eigenvalue weighted by Crippen LogP contribution is -2.24. The molecule has 0 spiro atoms. The van der Waals surface area contributed by atoms with Crippen molar-refractivity contribution in [1.82, 2.24) is 20.1 Å². The molecule has 2 aromatic carbocycles. The third kappa shape index (κ3) is 6.10. The van der Waals surface area contributed by atoms with E-state index < -0.39 is 0 Å². The molecule has 0 fully saturated rings. The number of rotatable bonds is 8. The number of nitrogens with one attached hydrogen (secondary N) is 2. The third-order valence-electron chi connectivity index (χ3n) is 4.92. The van der Waals surface area contributed by atoms with E-state index >= 15 is 0 Å². The Morgan fingerprint density at radius 3 is 2.34 bits per heavy atom. The molecule has 3 rings (SSSR count).